The van der Waals surface area contributed by atoms with Crippen molar-refractivity contribution in [3.8, 4) is 5.75 Å². The number of benzene rings is 1. The number of β-amino-alcohol motifs (C(OH)–C–C–N with tert-alkyl or cyclic N) is 2. The molecule has 0 saturated carbocycles. The summed E-state index contributed by atoms with van der Waals surface area (Å²) in [6, 6.07) is 12.7. The Morgan fingerprint density at radius 1 is 1.35 bits per heavy atom. The molecule has 1 aliphatic heterocycles. The van der Waals surface area contributed by atoms with Crippen LogP contribution in [0, 0.1) is 0 Å². The van der Waals surface area contributed by atoms with E-state index in [1.54, 1.807) is 25.3 Å². The number of nitrogens with zero attached hydrogens (tertiary/aromatic N) is 2. The van der Waals surface area contributed by atoms with Crippen LogP contribution in [0.4, 0.5) is 0 Å². The summed E-state index contributed by atoms with van der Waals surface area (Å²) in [5.41, 5.74) is -0.162. The lowest BCUT2D eigenvalue weighted by atomic mass is 10.0. The van der Waals surface area contributed by atoms with Gasteiger partial charge in [-0.1, -0.05) is 24.3 Å². The fourth-order valence-corrected chi connectivity index (χ4v) is 3.16. The van der Waals surface area contributed by atoms with Crippen LogP contribution in [-0.2, 0) is 6.54 Å². The van der Waals surface area contributed by atoms with E-state index in [0.29, 0.717) is 13.1 Å². The molecule has 0 aliphatic carbocycles. The minimum Gasteiger partial charge on any atom is -0.496 e. The number of likely N-dealkylation sites (tertiary alicyclic amines) is 1. The van der Waals surface area contributed by atoms with Crippen LogP contribution in [0.3, 0.4) is 0 Å². The highest BCUT2D eigenvalue weighted by Crippen LogP contribution is 2.26. The van der Waals surface area contributed by atoms with Crippen molar-refractivity contribution in [1.29, 1.82) is 0 Å². The molecule has 1 saturated heterocycles. The Hall–Kier alpha value is -2.48. The quantitative estimate of drug-likeness (QED) is 0.694. The van der Waals surface area contributed by atoms with Gasteiger partial charge in [0, 0.05) is 31.4 Å². The largest absolute Gasteiger partial charge is 0.496 e. The topological polar surface area (TPSA) is 94.9 Å². The van der Waals surface area contributed by atoms with E-state index in [2.05, 4.69) is 10.3 Å². The number of carbonyl (C=O) groups is 1. The maximum atomic E-state index is 12.1. The van der Waals surface area contributed by atoms with Crippen LogP contribution in [-0.4, -0.2) is 64.5 Å². The van der Waals surface area contributed by atoms with E-state index >= 15 is 0 Å². The summed E-state index contributed by atoms with van der Waals surface area (Å²) in [4.78, 5) is 18.0. The Labute approximate surface area is 152 Å². The first-order chi connectivity index (χ1) is 12.5. The number of carbonyl (C=O) groups excluding carboxylic acids is 1. The number of amides is 1. The van der Waals surface area contributed by atoms with Gasteiger partial charge >= 0.3 is 0 Å². The summed E-state index contributed by atoms with van der Waals surface area (Å²) in [5, 5.41) is 23.7. The summed E-state index contributed by atoms with van der Waals surface area (Å²) in [5.74, 6) is 0.385. The molecule has 3 N–H and O–H groups in total. The molecule has 2 atom stereocenters. The number of hydrogen-bond acceptors (Lipinski definition) is 6. The molecular formula is C19H23N3O4. The highest BCUT2D eigenvalue weighted by Gasteiger charge is 2.44. The van der Waals surface area contributed by atoms with E-state index in [1.807, 2.05) is 29.2 Å². The van der Waals surface area contributed by atoms with Gasteiger partial charge in [0.2, 0.25) is 0 Å². The summed E-state index contributed by atoms with van der Waals surface area (Å²) < 4.78 is 5.35. The average molecular weight is 357 g/mol. The second-order valence-corrected chi connectivity index (χ2v) is 6.50. The van der Waals surface area contributed by atoms with Crippen molar-refractivity contribution in [3.05, 3.63) is 59.9 Å². The number of pyridine rings is 1. The van der Waals surface area contributed by atoms with Gasteiger partial charge in [-0.15, -0.1) is 0 Å². The molecule has 0 unspecified atom stereocenters. The average Bonchev–Trinajstić information content (AvgIpc) is 2.94. The molecule has 1 fully saturated rings. The van der Waals surface area contributed by atoms with Crippen molar-refractivity contribution in [2.75, 3.05) is 26.7 Å². The van der Waals surface area contributed by atoms with Crippen LogP contribution in [0.2, 0.25) is 0 Å². The van der Waals surface area contributed by atoms with Crippen LogP contribution in [0.25, 0.3) is 0 Å². The van der Waals surface area contributed by atoms with Crippen LogP contribution in [0.1, 0.15) is 16.1 Å². The van der Waals surface area contributed by atoms with Crippen LogP contribution in [0.5, 0.6) is 5.75 Å². The number of nitrogens with one attached hydrogen (secondary N) is 1. The second kappa shape index (κ2) is 7.82. The second-order valence-electron chi connectivity index (χ2n) is 6.50. The molecule has 1 aromatic heterocycles. The Morgan fingerprint density at radius 3 is 2.85 bits per heavy atom. The number of aliphatic hydroxyl groups excluding tert-OH is 1. The van der Waals surface area contributed by atoms with E-state index in [1.165, 1.54) is 6.20 Å². The number of ether oxygens (including phenoxy) is 1. The number of para-hydroxylation sites is 1. The summed E-state index contributed by atoms with van der Waals surface area (Å²) in [7, 11) is 1.61. The molecule has 0 radical (unpaired) electrons. The van der Waals surface area contributed by atoms with E-state index in [-0.39, 0.29) is 24.7 Å². The zero-order valence-corrected chi connectivity index (χ0v) is 14.6. The van der Waals surface area contributed by atoms with E-state index < -0.39 is 11.7 Å². The third-order valence-corrected chi connectivity index (χ3v) is 4.59. The zero-order chi connectivity index (χ0) is 18.6. The fraction of sp³-hybridized carbons (Fsp3) is 0.368. The van der Waals surface area contributed by atoms with Crippen molar-refractivity contribution in [2.45, 2.75) is 18.2 Å². The molecule has 0 spiro atoms. The molecule has 7 nitrogen and oxygen atoms in total. The first kappa shape index (κ1) is 18.3. The van der Waals surface area contributed by atoms with Gasteiger partial charge in [-0.25, -0.2) is 0 Å². The summed E-state index contributed by atoms with van der Waals surface area (Å²) in [6.07, 6.45) is 0.574. The Bertz CT molecular complexity index is 755. The SMILES string of the molecule is COc1ccccc1CN1C[C@@H](O)[C@](O)(CNC(=O)c2ccccn2)C1. The van der Waals surface area contributed by atoms with Gasteiger partial charge in [0.1, 0.15) is 17.0 Å². The van der Waals surface area contributed by atoms with Crippen molar-refractivity contribution in [3.63, 3.8) is 0 Å². The Morgan fingerprint density at radius 2 is 2.12 bits per heavy atom. The third kappa shape index (κ3) is 4.01. The Kier molecular flexibility index (Phi) is 5.51. The molecule has 2 aromatic rings. The molecule has 26 heavy (non-hydrogen) atoms. The standard InChI is InChI=1S/C19H23N3O4/c1-26-16-8-3-2-6-14(16)10-22-11-17(23)19(25,13-22)12-21-18(24)15-7-4-5-9-20-15/h2-9,17,23,25H,10-13H2,1H3,(H,21,24)/t17-,19+/m1/s1. The van der Waals surface area contributed by atoms with Crippen molar-refractivity contribution < 1.29 is 19.7 Å². The van der Waals surface area contributed by atoms with Gasteiger partial charge in [0.25, 0.3) is 5.91 Å². The van der Waals surface area contributed by atoms with E-state index in [0.717, 1.165) is 11.3 Å². The molecule has 3 rings (SSSR count). The summed E-state index contributed by atoms with van der Waals surface area (Å²) >= 11 is 0. The molecule has 7 heteroatoms. The minimum atomic E-state index is -1.41. The smallest absolute Gasteiger partial charge is 0.269 e. The normalized spacial score (nSPS) is 23.0. The monoisotopic (exact) mass is 357 g/mol. The van der Waals surface area contributed by atoms with Gasteiger partial charge in [-0.05, 0) is 18.2 Å². The zero-order valence-electron chi connectivity index (χ0n) is 14.6. The molecular weight excluding hydrogens is 334 g/mol. The van der Waals surface area contributed by atoms with Gasteiger partial charge in [-0.3, -0.25) is 14.7 Å². The van der Waals surface area contributed by atoms with Gasteiger partial charge in [0.15, 0.2) is 0 Å². The molecule has 1 aromatic carbocycles. The molecule has 1 aliphatic rings. The molecule has 0 bridgehead atoms. The molecule has 2 heterocycles. The van der Waals surface area contributed by atoms with Crippen molar-refractivity contribution in [1.82, 2.24) is 15.2 Å². The van der Waals surface area contributed by atoms with Crippen LogP contribution >= 0.6 is 0 Å². The Balaban J connectivity index is 1.61. The lowest BCUT2D eigenvalue weighted by Gasteiger charge is -2.26. The number of hydrogen-bond donors (Lipinski definition) is 3. The van der Waals surface area contributed by atoms with E-state index in [4.69, 9.17) is 4.74 Å². The van der Waals surface area contributed by atoms with Crippen molar-refractivity contribution in [2.24, 2.45) is 0 Å². The predicted octanol–water partition coefficient (Wildman–Crippen LogP) is 0.428. The van der Waals surface area contributed by atoms with Gasteiger partial charge in [-0.2, -0.15) is 0 Å². The first-order valence-corrected chi connectivity index (χ1v) is 8.46. The summed E-state index contributed by atoms with van der Waals surface area (Å²) in [6.45, 7) is 1.05. The highest BCUT2D eigenvalue weighted by atomic mass is 16.5. The number of aliphatic hydroxyl groups is 2. The number of aromatic nitrogens is 1. The lowest BCUT2D eigenvalue weighted by Crippen LogP contribution is -2.51. The predicted molar refractivity (Wildman–Crippen MR) is 95.8 cm³/mol. The first-order valence-electron chi connectivity index (χ1n) is 8.46. The van der Waals surface area contributed by atoms with Gasteiger partial charge < -0.3 is 20.3 Å². The van der Waals surface area contributed by atoms with Gasteiger partial charge in [0.05, 0.1) is 19.8 Å². The number of methoxy groups -OCH3 is 1. The van der Waals surface area contributed by atoms with Crippen LogP contribution < -0.4 is 10.1 Å². The maximum Gasteiger partial charge on any atom is 0.269 e. The van der Waals surface area contributed by atoms with Crippen molar-refractivity contribution >= 4 is 5.91 Å². The highest BCUT2D eigenvalue weighted by molar-refractivity contribution is 5.92. The third-order valence-electron chi connectivity index (χ3n) is 4.59. The van der Waals surface area contributed by atoms with E-state index in [9.17, 15) is 15.0 Å². The van der Waals surface area contributed by atoms with Crippen LogP contribution in [0.15, 0.2) is 48.7 Å². The lowest BCUT2D eigenvalue weighted by molar-refractivity contribution is -0.0377. The fourth-order valence-electron chi connectivity index (χ4n) is 3.16. The maximum absolute atomic E-state index is 12.1. The molecule has 138 valence electrons. The molecule has 1 amide bonds. The minimum absolute atomic E-state index is 0.0496. The number of rotatable bonds is 6.